The minimum Gasteiger partial charge on any atom is -0.308 e. The number of nitrogens with one attached hydrogen (secondary N) is 1. The minimum atomic E-state index is 0.321. The van der Waals surface area contributed by atoms with Crippen LogP contribution in [0.5, 0.6) is 0 Å². The van der Waals surface area contributed by atoms with Gasteiger partial charge in [-0.05, 0) is 19.0 Å². The fraction of sp³-hybridized carbons (Fsp3) is 0.636. The Morgan fingerprint density at radius 2 is 2.00 bits per heavy atom. The molecule has 3 heteroatoms. The summed E-state index contributed by atoms with van der Waals surface area (Å²) in [5.74, 6) is 0.919. The quantitative estimate of drug-likeness (QED) is 0.753. The summed E-state index contributed by atoms with van der Waals surface area (Å²) < 4.78 is 0. The van der Waals surface area contributed by atoms with Gasteiger partial charge in [0.15, 0.2) is 0 Å². The largest absolute Gasteiger partial charge is 0.308 e. The van der Waals surface area contributed by atoms with Crippen LogP contribution in [-0.2, 0) is 0 Å². The molecule has 1 atom stereocenters. The third kappa shape index (κ3) is 3.42. The molecule has 0 bridgehead atoms. The molecular formula is C11H19N3. The highest BCUT2D eigenvalue weighted by Gasteiger charge is 2.11. The summed E-state index contributed by atoms with van der Waals surface area (Å²) >= 11 is 0. The lowest BCUT2D eigenvalue weighted by Gasteiger charge is -2.15. The Morgan fingerprint density at radius 3 is 2.57 bits per heavy atom. The highest BCUT2D eigenvalue weighted by Crippen LogP contribution is 2.14. The highest BCUT2D eigenvalue weighted by atomic mass is 15.0. The maximum absolute atomic E-state index is 4.28. The molecular weight excluding hydrogens is 174 g/mol. The van der Waals surface area contributed by atoms with Gasteiger partial charge in [-0.2, -0.15) is 0 Å². The average molecular weight is 193 g/mol. The van der Waals surface area contributed by atoms with E-state index in [1.165, 1.54) is 12.8 Å². The normalized spacial score (nSPS) is 12.7. The Balaban J connectivity index is 2.58. The molecule has 0 saturated carbocycles. The van der Waals surface area contributed by atoms with Crippen LogP contribution in [0.4, 0.5) is 0 Å². The SMILES string of the molecule is CCCCC(NCC)c1ncccn1. The summed E-state index contributed by atoms with van der Waals surface area (Å²) in [4.78, 5) is 8.55. The first-order valence-electron chi connectivity index (χ1n) is 5.38. The molecule has 0 amide bonds. The van der Waals surface area contributed by atoms with Crippen LogP contribution in [-0.4, -0.2) is 16.5 Å². The van der Waals surface area contributed by atoms with Gasteiger partial charge in [-0.1, -0.05) is 26.7 Å². The van der Waals surface area contributed by atoms with Gasteiger partial charge < -0.3 is 5.32 Å². The molecule has 1 aromatic rings. The maximum atomic E-state index is 4.28. The summed E-state index contributed by atoms with van der Waals surface area (Å²) in [6, 6.07) is 2.17. The monoisotopic (exact) mass is 193 g/mol. The van der Waals surface area contributed by atoms with Gasteiger partial charge in [-0.25, -0.2) is 9.97 Å². The fourth-order valence-corrected chi connectivity index (χ4v) is 1.47. The number of aromatic nitrogens is 2. The topological polar surface area (TPSA) is 37.8 Å². The summed E-state index contributed by atoms with van der Waals surface area (Å²) in [6.45, 7) is 5.28. The van der Waals surface area contributed by atoms with E-state index in [1.54, 1.807) is 12.4 Å². The lowest BCUT2D eigenvalue weighted by molar-refractivity contribution is 0.472. The Kier molecular flexibility index (Phi) is 5.15. The zero-order valence-electron chi connectivity index (χ0n) is 9.03. The standard InChI is InChI=1S/C11H19N3/c1-3-5-7-10(12-4-2)11-13-8-6-9-14-11/h6,8-10,12H,3-5,7H2,1-2H3. The molecule has 0 aliphatic carbocycles. The summed E-state index contributed by atoms with van der Waals surface area (Å²) in [7, 11) is 0. The van der Waals surface area contributed by atoms with Crippen molar-refractivity contribution >= 4 is 0 Å². The maximum Gasteiger partial charge on any atom is 0.145 e. The third-order valence-electron chi connectivity index (χ3n) is 2.19. The molecule has 1 rings (SSSR count). The first-order chi connectivity index (χ1) is 6.88. The van der Waals surface area contributed by atoms with Crippen molar-refractivity contribution in [2.45, 2.75) is 39.2 Å². The van der Waals surface area contributed by atoms with Crippen LogP contribution >= 0.6 is 0 Å². The van der Waals surface area contributed by atoms with Crippen LogP contribution < -0.4 is 5.32 Å². The van der Waals surface area contributed by atoms with Gasteiger partial charge in [-0.3, -0.25) is 0 Å². The predicted octanol–water partition coefficient (Wildman–Crippen LogP) is 2.32. The molecule has 1 aromatic heterocycles. The van der Waals surface area contributed by atoms with E-state index in [0.717, 1.165) is 18.8 Å². The average Bonchev–Trinajstić information content (AvgIpc) is 2.25. The van der Waals surface area contributed by atoms with Gasteiger partial charge in [0.25, 0.3) is 0 Å². The Bertz CT molecular complexity index is 236. The highest BCUT2D eigenvalue weighted by molar-refractivity contribution is 4.95. The van der Waals surface area contributed by atoms with Crippen molar-refractivity contribution in [2.24, 2.45) is 0 Å². The number of nitrogens with zero attached hydrogens (tertiary/aromatic N) is 2. The van der Waals surface area contributed by atoms with E-state index in [4.69, 9.17) is 0 Å². The van der Waals surface area contributed by atoms with Crippen molar-refractivity contribution in [2.75, 3.05) is 6.54 Å². The first-order valence-corrected chi connectivity index (χ1v) is 5.38. The number of unbranched alkanes of at least 4 members (excludes halogenated alkanes) is 1. The van der Waals surface area contributed by atoms with E-state index in [-0.39, 0.29) is 0 Å². The molecule has 0 radical (unpaired) electrons. The van der Waals surface area contributed by atoms with Gasteiger partial charge in [0.2, 0.25) is 0 Å². The second-order valence-electron chi connectivity index (χ2n) is 3.36. The second kappa shape index (κ2) is 6.49. The summed E-state index contributed by atoms with van der Waals surface area (Å²) in [5.41, 5.74) is 0. The summed E-state index contributed by atoms with van der Waals surface area (Å²) in [6.07, 6.45) is 7.16. The number of hydrogen-bond acceptors (Lipinski definition) is 3. The van der Waals surface area contributed by atoms with E-state index in [2.05, 4.69) is 29.1 Å². The van der Waals surface area contributed by atoms with Crippen molar-refractivity contribution in [3.8, 4) is 0 Å². The van der Waals surface area contributed by atoms with Crippen LogP contribution in [0.1, 0.15) is 45.0 Å². The zero-order valence-corrected chi connectivity index (χ0v) is 9.03. The van der Waals surface area contributed by atoms with Gasteiger partial charge in [0, 0.05) is 12.4 Å². The smallest absolute Gasteiger partial charge is 0.145 e. The third-order valence-corrected chi connectivity index (χ3v) is 2.19. The van der Waals surface area contributed by atoms with Crippen LogP contribution in [0.25, 0.3) is 0 Å². The van der Waals surface area contributed by atoms with Gasteiger partial charge in [-0.15, -0.1) is 0 Å². The van der Waals surface area contributed by atoms with Crippen molar-refractivity contribution in [1.82, 2.24) is 15.3 Å². The van der Waals surface area contributed by atoms with E-state index in [0.29, 0.717) is 6.04 Å². The molecule has 0 aliphatic rings. The molecule has 1 heterocycles. The Hall–Kier alpha value is -0.960. The fourth-order valence-electron chi connectivity index (χ4n) is 1.47. The van der Waals surface area contributed by atoms with Crippen molar-refractivity contribution < 1.29 is 0 Å². The van der Waals surface area contributed by atoms with Crippen molar-refractivity contribution in [1.29, 1.82) is 0 Å². The van der Waals surface area contributed by atoms with Gasteiger partial charge in [0.05, 0.1) is 6.04 Å². The number of rotatable bonds is 6. The van der Waals surface area contributed by atoms with E-state index in [9.17, 15) is 0 Å². The van der Waals surface area contributed by atoms with Crippen LogP contribution in [0.3, 0.4) is 0 Å². The van der Waals surface area contributed by atoms with Crippen molar-refractivity contribution in [3.05, 3.63) is 24.3 Å². The molecule has 0 fully saturated rings. The Labute approximate surface area is 86.0 Å². The minimum absolute atomic E-state index is 0.321. The molecule has 1 N–H and O–H groups in total. The molecule has 0 aliphatic heterocycles. The predicted molar refractivity (Wildman–Crippen MR) is 58.0 cm³/mol. The zero-order chi connectivity index (χ0) is 10.2. The lowest BCUT2D eigenvalue weighted by Crippen LogP contribution is -2.22. The molecule has 3 nitrogen and oxygen atoms in total. The molecule has 1 unspecified atom stereocenters. The van der Waals surface area contributed by atoms with E-state index >= 15 is 0 Å². The molecule has 78 valence electrons. The van der Waals surface area contributed by atoms with Gasteiger partial charge >= 0.3 is 0 Å². The molecule has 0 spiro atoms. The van der Waals surface area contributed by atoms with Crippen LogP contribution in [0.15, 0.2) is 18.5 Å². The van der Waals surface area contributed by atoms with Crippen LogP contribution in [0, 0.1) is 0 Å². The van der Waals surface area contributed by atoms with E-state index in [1.807, 2.05) is 6.07 Å². The van der Waals surface area contributed by atoms with Crippen molar-refractivity contribution in [3.63, 3.8) is 0 Å². The lowest BCUT2D eigenvalue weighted by atomic mass is 10.1. The number of hydrogen-bond donors (Lipinski definition) is 1. The van der Waals surface area contributed by atoms with E-state index < -0.39 is 0 Å². The van der Waals surface area contributed by atoms with Crippen LogP contribution in [0.2, 0.25) is 0 Å². The second-order valence-corrected chi connectivity index (χ2v) is 3.36. The Morgan fingerprint density at radius 1 is 1.29 bits per heavy atom. The molecule has 0 aromatic carbocycles. The first kappa shape index (κ1) is 11.1. The van der Waals surface area contributed by atoms with Gasteiger partial charge in [0.1, 0.15) is 5.82 Å². The molecule has 0 saturated heterocycles. The summed E-state index contributed by atoms with van der Waals surface area (Å²) in [5, 5.41) is 3.41. The molecule has 14 heavy (non-hydrogen) atoms.